The molecule has 5 rings (SSSR count). The molecule has 4 nitrogen and oxygen atoms in total. The SMILES string of the molecule is O=C1OC2(CCCCC2)N2O[C@@H]3[C@H]4CC[C@H](C4)[C@@H]3[C@@H]12. The molecule has 0 amide bonds. The summed E-state index contributed by atoms with van der Waals surface area (Å²) < 4.78 is 5.83. The van der Waals surface area contributed by atoms with Crippen LogP contribution in [0.1, 0.15) is 51.4 Å². The van der Waals surface area contributed by atoms with Crippen LogP contribution >= 0.6 is 0 Å². The highest BCUT2D eigenvalue weighted by Gasteiger charge is 2.68. The van der Waals surface area contributed by atoms with Crippen molar-refractivity contribution in [2.45, 2.75) is 69.2 Å². The van der Waals surface area contributed by atoms with Gasteiger partial charge in [-0.15, -0.1) is 5.06 Å². The van der Waals surface area contributed by atoms with E-state index in [0.29, 0.717) is 23.9 Å². The molecule has 4 heteroatoms. The minimum absolute atomic E-state index is 0.00181. The van der Waals surface area contributed by atoms with Crippen LogP contribution in [0.15, 0.2) is 0 Å². The quantitative estimate of drug-likeness (QED) is 0.628. The van der Waals surface area contributed by atoms with Crippen LogP contribution < -0.4 is 0 Å². The van der Waals surface area contributed by atoms with Crippen molar-refractivity contribution >= 4 is 5.97 Å². The van der Waals surface area contributed by atoms with E-state index in [9.17, 15) is 4.79 Å². The zero-order valence-corrected chi connectivity index (χ0v) is 11.2. The van der Waals surface area contributed by atoms with Gasteiger partial charge < -0.3 is 4.74 Å². The van der Waals surface area contributed by atoms with E-state index in [2.05, 4.69) is 0 Å². The molecule has 5 fully saturated rings. The van der Waals surface area contributed by atoms with E-state index in [-0.39, 0.29) is 12.0 Å². The fourth-order valence-corrected chi connectivity index (χ4v) is 5.55. The molecule has 104 valence electrons. The van der Waals surface area contributed by atoms with Crippen LogP contribution in [0, 0.1) is 17.8 Å². The van der Waals surface area contributed by atoms with Crippen LogP contribution in [0.4, 0.5) is 0 Å². The Hall–Kier alpha value is -0.610. The number of carbonyl (C=O) groups excluding carboxylic acids is 1. The third kappa shape index (κ3) is 1.25. The number of esters is 1. The monoisotopic (exact) mass is 263 g/mol. The highest BCUT2D eigenvalue weighted by molar-refractivity contribution is 5.79. The smallest absolute Gasteiger partial charge is 0.328 e. The maximum Gasteiger partial charge on any atom is 0.328 e. The summed E-state index contributed by atoms with van der Waals surface area (Å²) in [5.41, 5.74) is -0.399. The van der Waals surface area contributed by atoms with Gasteiger partial charge in [-0.1, -0.05) is 6.42 Å². The van der Waals surface area contributed by atoms with E-state index in [1.807, 2.05) is 5.06 Å². The molecule has 1 spiro atoms. The van der Waals surface area contributed by atoms with E-state index in [1.54, 1.807) is 0 Å². The van der Waals surface area contributed by atoms with Crippen LogP contribution in [-0.2, 0) is 14.4 Å². The van der Waals surface area contributed by atoms with Crippen LogP contribution in [0.2, 0.25) is 0 Å². The van der Waals surface area contributed by atoms with Crippen molar-refractivity contribution in [2.75, 3.05) is 0 Å². The van der Waals surface area contributed by atoms with Gasteiger partial charge in [-0.2, -0.15) is 0 Å². The molecule has 2 heterocycles. The van der Waals surface area contributed by atoms with Crippen LogP contribution in [-0.4, -0.2) is 28.9 Å². The second-order valence-corrected chi connectivity index (χ2v) is 7.18. The first-order valence-corrected chi connectivity index (χ1v) is 7.97. The van der Waals surface area contributed by atoms with E-state index < -0.39 is 5.72 Å². The molecule has 0 aromatic rings. The predicted molar refractivity (Wildman–Crippen MR) is 66.7 cm³/mol. The molecule has 2 saturated heterocycles. The zero-order chi connectivity index (χ0) is 12.6. The van der Waals surface area contributed by atoms with Crippen LogP contribution in [0.3, 0.4) is 0 Å². The van der Waals surface area contributed by atoms with Crippen molar-refractivity contribution in [1.29, 1.82) is 0 Å². The molecule has 0 unspecified atom stereocenters. The summed E-state index contributed by atoms with van der Waals surface area (Å²) in [7, 11) is 0. The van der Waals surface area contributed by atoms with Crippen molar-refractivity contribution in [1.82, 2.24) is 5.06 Å². The molecule has 0 aromatic carbocycles. The topological polar surface area (TPSA) is 38.8 Å². The lowest BCUT2D eigenvalue weighted by molar-refractivity contribution is -0.275. The molecule has 0 N–H and O–H groups in total. The third-order valence-corrected chi connectivity index (χ3v) is 6.32. The molecular formula is C15H21NO3. The van der Waals surface area contributed by atoms with Crippen molar-refractivity contribution in [3.05, 3.63) is 0 Å². The highest BCUT2D eigenvalue weighted by atomic mass is 16.8. The number of nitrogens with zero attached hydrogens (tertiary/aromatic N) is 1. The Morgan fingerprint density at radius 2 is 1.89 bits per heavy atom. The summed E-state index contributed by atoms with van der Waals surface area (Å²) >= 11 is 0. The molecule has 5 atom stereocenters. The van der Waals surface area contributed by atoms with Crippen molar-refractivity contribution in [2.24, 2.45) is 17.8 Å². The minimum Gasteiger partial charge on any atom is -0.440 e. The van der Waals surface area contributed by atoms with E-state index in [0.717, 1.165) is 25.7 Å². The second-order valence-electron chi connectivity index (χ2n) is 7.18. The summed E-state index contributed by atoms with van der Waals surface area (Å²) in [4.78, 5) is 18.7. The first kappa shape index (κ1) is 11.1. The van der Waals surface area contributed by atoms with Gasteiger partial charge in [0.05, 0.1) is 6.10 Å². The molecule has 2 aliphatic heterocycles. The summed E-state index contributed by atoms with van der Waals surface area (Å²) in [5, 5.41) is 2.02. The van der Waals surface area contributed by atoms with Gasteiger partial charge in [-0.25, -0.2) is 0 Å². The average molecular weight is 263 g/mol. The summed E-state index contributed by atoms with van der Waals surface area (Å²) in [6.45, 7) is 0. The highest BCUT2D eigenvalue weighted by Crippen LogP contribution is 2.59. The first-order valence-electron chi connectivity index (χ1n) is 7.97. The van der Waals surface area contributed by atoms with Gasteiger partial charge in [0, 0.05) is 18.8 Å². The van der Waals surface area contributed by atoms with Gasteiger partial charge >= 0.3 is 5.97 Å². The Labute approximate surface area is 113 Å². The van der Waals surface area contributed by atoms with Crippen molar-refractivity contribution in [3.8, 4) is 0 Å². The van der Waals surface area contributed by atoms with Crippen LogP contribution in [0.5, 0.6) is 0 Å². The van der Waals surface area contributed by atoms with E-state index in [4.69, 9.17) is 9.57 Å². The summed E-state index contributed by atoms with van der Waals surface area (Å²) in [6, 6.07) is -0.0848. The Morgan fingerprint density at radius 1 is 1.11 bits per heavy atom. The number of hydrogen-bond donors (Lipinski definition) is 0. The van der Waals surface area contributed by atoms with Gasteiger partial charge in [-0.05, 0) is 43.9 Å². The number of hydrogen-bond acceptors (Lipinski definition) is 4. The third-order valence-electron chi connectivity index (χ3n) is 6.32. The van der Waals surface area contributed by atoms with Crippen molar-refractivity contribution < 1.29 is 14.4 Å². The summed E-state index contributed by atoms with van der Waals surface area (Å²) in [6.07, 6.45) is 9.68. The largest absolute Gasteiger partial charge is 0.440 e. The Balaban J connectivity index is 1.52. The molecule has 0 aromatic heterocycles. The Kier molecular flexibility index (Phi) is 2.06. The normalized spacial score (nSPS) is 50.5. The fraction of sp³-hybridized carbons (Fsp3) is 0.933. The first-order chi connectivity index (χ1) is 9.28. The van der Waals surface area contributed by atoms with Gasteiger partial charge in [0.2, 0.25) is 0 Å². The molecule has 3 aliphatic carbocycles. The van der Waals surface area contributed by atoms with Gasteiger partial charge in [0.25, 0.3) is 0 Å². The lowest BCUT2D eigenvalue weighted by atomic mass is 9.82. The van der Waals surface area contributed by atoms with Crippen molar-refractivity contribution in [3.63, 3.8) is 0 Å². The molecular weight excluding hydrogens is 242 g/mol. The molecule has 3 saturated carbocycles. The lowest BCUT2D eigenvalue weighted by Gasteiger charge is -2.37. The molecule has 0 radical (unpaired) electrons. The zero-order valence-electron chi connectivity index (χ0n) is 11.2. The number of ether oxygens (including phenoxy) is 1. The Bertz CT molecular complexity index is 431. The van der Waals surface area contributed by atoms with Gasteiger partial charge in [0.15, 0.2) is 5.72 Å². The van der Waals surface area contributed by atoms with E-state index in [1.165, 1.54) is 25.7 Å². The second kappa shape index (κ2) is 3.53. The number of carbonyl (C=O) groups is 1. The molecule has 5 aliphatic rings. The number of fused-ring (bicyclic) bond motifs is 8. The average Bonchev–Trinajstić information content (AvgIpc) is 3.13. The minimum atomic E-state index is -0.399. The molecule has 2 bridgehead atoms. The summed E-state index contributed by atoms with van der Waals surface area (Å²) in [5.74, 6) is 1.83. The number of hydroxylamine groups is 2. The lowest BCUT2D eigenvalue weighted by Crippen LogP contribution is -2.47. The number of rotatable bonds is 0. The van der Waals surface area contributed by atoms with Crippen LogP contribution in [0.25, 0.3) is 0 Å². The van der Waals surface area contributed by atoms with E-state index >= 15 is 0 Å². The molecule has 19 heavy (non-hydrogen) atoms. The maximum atomic E-state index is 12.4. The standard InChI is InChI=1S/C15H21NO3/c17-14-12-11-9-4-5-10(8-9)13(11)19-16(12)15(18-14)6-2-1-3-7-15/h9-13H,1-8H2/t9-,10+,11-,12+,13-/m1/s1. The maximum absolute atomic E-state index is 12.4. The van der Waals surface area contributed by atoms with Gasteiger partial charge in [0.1, 0.15) is 6.04 Å². The Morgan fingerprint density at radius 3 is 2.74 bits per heavy atom. The van der Waals surface area contributed by atoms with Gasteiger partial charge in [-0.3, -0.25) is 9.63 Å². The predicted octanol–water partition coefficient (Wildman–Crippen LogP) is 2.23. The fourth-order valence-electron chi connectivity index (χ4n) is 5.55.